The van der Waals surface area contributed by atoms with Crippen molar-refractivity contribution in [3.63, 3.8) is 0 Å². The van der Waals surface area contributed by atoms with Gasteiger partial charge in [-0.05, 0) is 35.8 Å². The number of fused-ring (bicyclic) bond motifs is 1. The molecule has 0 fully saturated rings. The zero-order chi connectivity index (χ0) is 15.7. The molecule has 6 heteroatoms. The zero-order valence-corrected chi connectivity index (χ0v) is 13.7. The normalized spacial score (nSPS) is 13.6. The van der Waals surface area contributed by atoms with E-state index in [2.05, 4.69) is 21.9 Å². The zero-order valence-electron chi connectivity index (χ0n) is 12.2. The van der Waals surface area contributed by atoms with Crippen LogP contribution in [0.3, 0.4) is 0 Å². The van der Waals surface area contributed by atoms with Crippen molar-refractivity contribution in [3.05, 3.63) is 45.7 Å². The lowest BCUT2D eigenvalue weighted by molar-refractivity contribution is -0.117. The van der Waals surface area contributed by atoms with Crippen LogP contribution in [0.2, 0.25) is 5.02 Å². The maximum atomic E-state index is 11.4. The highest BCUT2D eigenvalue weighted by atomic mass is 35.5. The predicted molar refractivity (Wildman–Crippen MR) is 91.7 cm³/mol. The van der Waals surface area contributed by atoms with E-state index in [0.29, 0.717) is 5.02 Å². The van der Waals surface area contributed by atoms with Crippen LogP contribution >= 0.6 is 23.4 Å². The van der Waals surface area contributed by atoms with Gasteiger partial charge >= 0.3 is 0 Å². The number of hydrogen-bond donors (Lipinski definition) is 1. The van der Waals surface area contributed by atoms with Gasteiger partial charge in [-0.3, -0.25) is 9.78 Å². The van der Waals surface area contributed by atoms with E-state index in [1.54, 1.807) is 24.2 Å². The van der Waals surface area contributed by atoms with Gasteiger partial charge in [0.25, 0.3) is 0 Å². The molecule has 1 amide bonds. The van der Waals surface area contributed by atoms with E-state index in [0.717, 1.165) is 35.5 Å². The summed E-state index contributed by atoms with van der Waals surface area (Å²) in [5, 5.41) is 0.598. The van der Waals surface area contributed by atoms with Crippen LogP contribution in [0.1, 0.15) is 17.7 Å². The summed E-state index contributed by atoms with van der Waals surface area (Å²) in [6.07, 6.45) is 8.79. The summed E-state index contributed by atoms with van der Waals surface area (Å²) in [6, 6.07) is 3.86. The van der Waals surface area contributed by atoms with E-state index in [9.17, 15) is 4.79 Å². The Morgan fingerprint density at radius 1 is 1.55 bits per heavy atom. The molecular formula is C16H16ClN3OS. The molecule has 0 aliphatic carbocycles. The number of rotatable bonds is 4. The highest BCUT2D eigenvalue weighted by Gasteiger charge is 2.25. The second-order valence-electron chi connectivity index (χ2n) is 5.13. The molecule has 2 aromatic heterocycles. The van der Waals surface area contributed by atoms with Crippen LogP contribution in [0.5, 0.6) is 0 Å². The number of halogens is 1. The molecule has 0 spiro atoms. The van der Waals surface area contributed by atoms with Crippen LogP contribution in [-0.2, 0) is 17.8 Å². The third-order valence-electron chi connectivity index (χ3n) is 3.77. The van der Waals surface area contributed by atoms with Crippen LogP contribution in [-0.4, -0.2) is 21.7 Å². The number of nitrogens with zero attached hydrogens (tertiary/aromatic N) is 2. The van der Waals surface area contributed by atoms with Gasteiger partial charge in [-0.15, -0.1) is 11.8 Å². The van der Waals surface area contributed by atoms with Crippen molar-refractivity contribution < 1.29 is 4.79 Å². The van der Waals surface area contributed by atoms with Gasteiger partial charge in [0.1, 0.15) is 0 Å². The monoisotopic (exact) mass is 333 g/mol. The summed E-state index contributed by atoms with van der Waals surface area (Å²) in [4.78, 5) is 16.9. The lowest BCUT2D eigenvalue weighted by atomic mass is 10.1. The van der Waals surface area contributed by atoms with Crippen LogP contribution in [0.4, 0.5) is 0 Å². The average molecular weight is 334 g/mol. The Hall–Kier alpha value is -1.72. The van der Waals surface area contributed by atoms with Crippen LogP contribution < -0.4 is 5.73 Å². The fourth-order valence-corrected chi connectivity index (χ4v) is 3.69. The molecule has 0 saturated carbocycles. The second-order valence-corrected chi connectivity index (χ2v) is 6.44. The Labute approximate surface area is 138 Å². The summed E-state index contributed by atoms with van der Waals surface area (Å²) < 4.78 is 2.16. The maximum Gasteiger partial charge on any atom is 0.221 e. The second kappa shape index (κ2) is 6.18. The summed E-state index contributed by atoms with van der Waals surface area (Å²) in [6.45, 7) is 0.838. The highest BCUT2D eigenvalue weighted by molar-refractivity contribution is 8.02. The topological polar surface area (TPSA) is 60.9 Å². The SMILES string of the molecule is CSC1=Cc2c(CC(N)=O)c(Cl)c(-c3cccnc3)n2CC1. The van der Waals surface area contributed by atoms with E-state index >= 15 is 0 Å². The van der Waals surface area contributed by atoms with Gasteiger partial charge in [-0.25, -0.2) is 0 Å². The number of carbonyl (C=O) groups is 1. The van der Waals surface area contributed by atoms with Gasteiger partial charge < -0.3 is 10.3 Å². The van der Waals surface area contributed by atoms with Gasteiger partial charge in [0.2, 0.25) is 5.91 Å². The fraction of sp³-hybridized carbons (Fsp3) is 0.250. The van der Waals surface area contributed by atoms with Crippen molar-refractivity contribution in [2.24, 2.45) is 5.73 Å². The molecular weight excluding hydrogens is 318 g/mol. The van der Waals surface area contributed by atoms with E-state index in [4.69, 9.17) is 17.3 Å². The van der Waals surface area contributed by atoms with Crippen molar-refractivity contribution in [2.45, 2.75) is 19.4 Å². The van der Waals surface area contributed by atoms with Crippen LogP contribution in [0.15, 0.2) is 29.4 Å². The first kappa shape index (κ1) is 15.2. The van der Waals surface area contributed by atoms with Crippen LogP contribution in [0.25, 0.3) is 17.3 Å². The van der Waals surface area contributed by atoms with Crippen molar-refractivity contribution in [1.82, 2.24) is 9.55 Å². The number of aromatic nitrogens is 2. The minimum Gasteiger partial charge on any atom is -0.369 e. The van der Waals surface area contributed by atoms with Crippen molar-refractivity contribution in [3.8, 4) is 11.3 Å². The predicted octanol–water partition coefficient (Wildman–Crippen LogP) is 3.34. The Bertz CT molecular complexity index is 752. The van der Waals surface area contributed by atoms with Crippen LogP contribution in [0, 0.1) is 0 Å². The minimum atomic E-state index is -0.377. The lowest BCUT2D eigenvalue weighted by Crippen LogP contribution is -2.15. The Morgan fingerprint density at radius 3 is 3.00 bits per heavy atom. The maximum absolute atomic E-state index is 11.4. The fourth-order valence-electron chi connectivity index (χ4n) is 2.79. The summed E-state index contributed by atoms with van der Waals surface area (Å²) in [5.74, 6) is -0.377. The number of amides is 1. The van der Waals surface area contributed by atoms with E-state index in [-0.39, 0.29) is 12.3 Å². The summed E-state index contributed by atoms with van der Waals surface area (Å²) in [5.41, 5.74) is 9.05. The summed E-state index contributed by atoms with van der Waals surface area (Å²) >= 11 is 8.32. The number of nitrogens with two attached hydrogens (primary N) is 1. The van der Waals surface area contributed by atoms with Gasteiger partial charge in [-0.1, -0.05) is 11.6 Å². The van der Waals surface area contributed by atoms with Crippen molar-refractivity contribution in [2.75, 3.05) is 6.26 Å². The molecule has 0 saturated heterocycles. The van der Waals surface area contributed by atoms with Crippen molar-refractivity contribution >= 4 is 35.3 Å². The Kier molecular flexibility index (Phi) is 4.27. The quantitative estimate of drug-likeness (QED) is 0.933. The van der Waals surface area contributed by atoms with Gasteiger partial charge in [0.15, 0.2) is 0 Å². The molecule has 3 rings (SSSR count). The number of allylic oxidation sites excluding steroid dienone is 1. The Morgan fingerprint density at radius 2 is 2.36 bits per heavy atom. The van der Waals surface area contributed by atoms with Gasteiger partial charge in [0.05, 0.1) is 17.1 Å². The third-order valence-corrected chi connectivity index (χ3v) is 5.02. The molecule has 0 bridgehead atoms. The van der Waals surface area contributed by atoms with Gasteiger partial charge in [0, 0.05) is 35.8 Å². The van der Waals surface area contributed by atoms with E-state index in [1.807, 2.05) is 12.1 Å². The molecule has 2 N–H and O–H groups in total. The molecule has 114 valence electrons. The molecule has 0 atom stereocenters. The van der Waals surface area contributed by atoms with Crippen molar-refractivity contribution in [1.29, 1.82) is 0 Å². The molecule has 4 nitrogen and oxygen atoms in total. The highest BCUT2D eigenvalue weighted by Crippen LogP contribution is 2.40. The smallest absolute Gasteiger partial charge is 0.221 e. The molecule has 2 aromatic rings. The molecule has 22 heavy (non-hydrogen) atoms. The van der Waals surface area contributed by atoms with Gasteiger partial charge in [-0.2, -0.15) is 0 Å². The average Bonchev–Trinajstić information content (AvgIpc) is 2.79. The molecule has 0 radical (unpaired) electrons. The Balaban J connectivity index is 2.23. The number of carbonyl (C=O) groups excluding carboxylic acids is 1. The first-order chi connectivity index (χ1) is 10.6. The molecule has 1 aliphatic rings. The minimum absolute atomic E-state index is 0.145. The number of primary amides is 1. The third kappa shape index (κ3) is 2.66. The van der Waals surface area contributed by atoms with E-state index in [1.165, 1.54) is 4.91 Å². The lowest BCUT2D eigenvalue weighted by Gasteiger charge is -2.18. The number of pyridine rings is 1. The molecule has 1 aliphatic heterocycles. The molecule has 0 unspecified atom stereocenters. The first-order valence-corrected chi connectivity index (χ1v) is 8.56. The molecule has 0 aromatic carbocycles. The first-order valence-electron chi connectivity index (χ1n) is 6.96. The molecule has 3 heterocycles. The number of hydrogen-bond acceptors (Lipinski definition) is 3. The number of thioether (sulfide) groups is 1. The largest absolute Gasteiger partial charge is 0.369 e. The standard InChI is InChI=1S/C16H16ClN3OS/c1-22-11-4-6-20-13(7-11)12(8-14(18)21)15(17)16(20)10-3-2-5-19-9-10/h2-3,5,7,9H,4,6,8H2,1H3,(H2,18,21). The summed E-state index contributed by atoms with van der Waals surface area (Å²) in [7, 11) is 0. The van der Waals surface area contributed by atoms with E-state index < -0.39 is 0 Å².